The molecule has 336 valence electrons. The van der Waals surface area contributed by atoms with Crippen molar-refractivity contribution in [2.24, 2.45) is 0 Å². The first kappa shape index (κ1) is 33.2. The van der Waals surface area contributed by atoms with Gasteiger partial charge in [-0.05, 0) is 90.7 Å². The van der Waals surface area contributed by atoms with Crippen LogP contribution in [0.25, 0.3) is 83.4 Å². The largest absolute Gasteiger partial charge is 0.510 e. The summed E-state index contributed by atoms with van der Waals surface area (Å²) < 4.78 is 109. The third kappa shape index (κ3) is 8.26. The zero-order valence-corrected chi connectivity index (χ0v) is 40.4. The van der Waals surface area contributed by atoms with Gasteiger partial charge in [0.25, 0.3) is 6.33 Å². The molecule has 0 bridgehead atoms. The van der Waals surface area contributed by atoms with Gasteiger partial charge < -0.3 is 13.9 Å². The summed E-state index contributed by atoms with van der Waals surface area (Å²) in [6.45, 7) is 12.8. The Labute approximate surface area is 428 Å². The summed E-state index contributed by atoms with van der Waals surface area (Å²) in [4.78, 5) is 4.82. The van der Waals surface area contributed by atoms with Crippen LogP contribution in [0.5, 0.6) is 11.5 Å². The third-order valence-corrected chi connectivity index (χ3v) is 12.1. The maximum atomic E-state index is 9.22. The van der Waals surface area contributed by atoms with Crippen LogP contribution in [0, 0.1) is 18.5 Å². The first-order valence-corrected chi connectivity index (χ1v) is 22.0. The molecule has 6 heteroatoms. The maximum Gasteiger partial charge on any atom is 0.268 e. The van der Waals surface area contributed by atoms with Crippen molar-refractivity contribution in [1.82, 2.24) is 14.1 Å². The van der Waals surface area contributed by atoms with Crippen molar-refractivity contribution in [3.05, 3.63) is 224 Å². The van der Waals surface area contributed by atoms with Crippen LogP contribution in [0.2, 0.25) is 0 Å². The number of para-hydroxylation sites is 2. The minimum Gasteiger partial charge on any atom is -0.510 e. The maximum absolute atomic E-state index is 9.22. The van der Waals surface area contributed by atoms with E-state index in [-0.39, 0.29) is 54.6 Å². The second-order valence-corrected chi connectivity index (χ2v) is 18.5. The average Bonchev–Trinajstić information content (AvgIpc) is 4.23. The van der Waals surface area contributed by atoms with E-state index in [2.05, 4.69) is 82.8 Å². The van der Waals surface area contributed by atoms with Crippen molar-refractivity contribution in [2.45, 2.75) is 52.4 Å². The van der Waals surface area contributed by atoms with Gasteiger partial charge in [-0.2, -0.15) is 18.2 Å². The number of benzene rings is 8. The summed E-state index contributed by atoms with van der Waals surface area (Å²) in [6, 6.07) is 39.6. The van der Waals surface area contributed by atoms with E-state index in [1.165, 1.54) is 6.07 Å². The van der Waals surface area contributed by atoms with Gasteiger partial charge in [-0.1, -0.05) is 180 Å². The number of hydrogen-bond acceptors (Lipinski definition) is 2. The number of rotatable bonds is 8. The van der Waals surface area contributed by atoms with E-state index in [0.717, 1.165) is 38.8 Å². The Bertz CT molecular complexity index is 4250. The van der Waals surface area contributed by atoms with Gasteiger partial charge in [0.1, 0.15) is 5.82 Å². The van der Waals surface area contributed by atoms with Crippen molar-refractivity contribution in [3.63, 3.8) is 0 Å². The minimum atomic E-state index is -0.563. The van der Waals surface area contributed by atoms with Gasteiger partial charge in [-0.3, -0.25) is 4.57 Å². The van der Waals surface area contributed by atoms with E-state index in [1.54, 1.807) is 51.6 Å². The summed E-state index contributed by atoms with van der Waals surface area (Å²) in [6.07, 6.45) is 5.34. The number of pyridine rings is 1. The van der Waals surface area contributed by atoms with Gasteiger partial charge in [-0.25, -0.2) is 4.98 Å². The van der Waals surface area contributed by atoms with E-state index in [1.807, 2.05) is 60.8 Å². The van der Waals surface area contributed by atoms with Crippen LogP contribution in [0.1, 0.15) is 67.7 Å². The summed E-state index contributed by atoms with van der Waals surface area (Å²) >= 11 is 0. The van der Waals surface area contributed by atoms with Gasteiger partial charge in [0, 0.05) is 44.3 Å². The number of fused-ring (bicyclic) bond motifs is 4. The van der Waals surface area contributed by atoms with Crippen LogP contribution in [0.15, 0.2) is 194 Å². The Hall–Kier alpha value is -7.33. The van der Waals surface area contributed by atoms with E-state index in [0.29, 0.717) is 50.6 Å². The first-order chi connectivity index (χ1) is 37.0. The van der Waals surface area contributed by atoms with Crippen LogP contribution >= 0.6 is 0 Å². The molecule has 3 aromatic heterocycles. The Kier molecular flexibility index (Phi) is 8.65. The number of imidazole rings is 1. The first-order valence-electron chi connectivity index (χ1n) is 27.5. The molecule has 3 heterocycles. The number of ether oxygens (including phenoxy) is 1. The third-order valence-electron chi connectivity index (χ3n) is 12.1. The number of hydrogen-bond donors (Lipinski definition) is 0. The molecule has 0 fully saturated rings. The number of nitrogens with zero attached hydrogens (tertiary/aromatic N) is 4. The Balaban J connectivity index is 0.00000704. The molecule has 0 unspecified atom stereocenters. The van der Waals surface area contributed by atoms with Gasteiger partial charge in [0.15, 0.2) is 0 Å². The molecule has 5 nitrogen and oxygen atoms in total. The molecule has 0 aliphatic rings. The van der Waals surface area contributed by atoms with Crippen LogP contribution in [-0.4, -0.2) is 14.1 Å². The molecule has 0 N–H and O–H groups in total. The summed E-state index contributed by atoms with van der Waals surface area (Å²) in [5.74, 6) is 1.44. The van der Waals surface area contributed by atoms with Gasteiger partial charge in [0.2, 0.25) is 0 Å². The van der Waals surface area contributed by atoms with E-state index in [4.69, 9.17) is 20.7 Å². The Morgan fingerprint density at radius 1 is 0.559 bits per heavy atom. The Morgan fingerprint density at radius 3 is 2.01 bits per heavy atom. The molecule has 0 aliphatic carbocycles. The van der Waals surface area contributed by atoms with Crippen molar-refractivity contribution in [2.75, 3.05) is 0 Å². The fourth-order valence-corrected chi connectivity index (χ4v) is 8.61. The molecule has 11 aromatic rings. The monoisotopic (exact) mass is 1070 g/mol. The van der Waals surface area contributed by atoms with Crippen LogP contribution in [-0.2, 0) is 31.9 Å². The van der Waals surface area contributed by atoms with Crippen LogP contribution in [0.3, 0.4) is 0 Å². The number of aromatic nitrogens is 4. The fraction of sp³-hybridized carbons (Fsp3) is 0.129. The summed E-state index contributed by atoms with van der Waals surface area (Å²) in [5.41, 5.74) is 6.53. The topological polar surface area (TPSA) is 35.9 Å². The Morgan fingerprint density at radius 2 is 1.25 bits per heavy atom. The summed E-state index contributed by atoms with van der Waals surface area (Å²) in [5, 5.41) is 1.98. The SMILES string of the molecule is [2H]c1cc(-c2cccc(C(C)(C)C)c2)c(-[n+]2[c-]n(-c3[c-]c(Oc4[c-]c5c(cc4)c4ccccc4n5-c4cc(C(C)(C)C)ccn4)ccc3)c3cc(-c4c([2H])c([2H])c([2H])c([2H])c4[2H])ccc32)c(-c2c([2H])c([2H])c([2H])c([2H])c2[2H])c1.[Pt]. The fourth-order valence-electron chi connectivity index (χ4n) is 8.61. The second kappa shape index (κ2) is 17.7. The van der Waals surface area contributed by atoms with Crippen molar-refractivity contribution in [1.29, 1.82) is 0 Å². The minimum absolute atomic E-state index is 0. The molecule has 0 radical (unpaired) electrons. The second-order valence-electron chi connectivity index (χ2n) is 18.5. The van der Waals surface area contributed by atoms with Crippen molar-refractivity contribution < 1.29 is 45.4 Å². The standard InChI is InChI=1S/C62H50N4O.Pt/c1-61(2,3)46-23-15-22-45(36-46)52-28-17-27-51(43-20-11-8-12-21-43)60(52)65-41-64(58-37-44(30-33-56(58)65)42-18-9-7-10-19-42)48-24-16-25-49(39-48)67-50-31-32-54-53-26-13-14-29-55(53)66(57(54)40-50)59-38-47(34-35-63-59)62(4,5)6;/h7-38H,1-6H3;/q-2;/i7D,8D,9D,10D,11D,12D,17D,18D,19D,20D,21D;. The van der Waals surface area contributed by atoms with Crippen molar-refractivity contribution in [3.8, 4) is 62.1 Å². The van der Waals surface area contributed by atoms with Gasteiger partial charge in [0.05, 0.1) is 31.8 Å². The smallest absolute Gasteiger partial charge is 0.268 e. The normalized spacial score (nSPS) is 14.1. The van der Waals surface area contributed by atoms with E-state index < -0.39 is 60.4 Å². The predicted molar refractivity (Wildman–Crippen MR) is 274 cm³/mol. The molecule has 0 amide bonds. The molecule has 11 rings (SSSR count). The van der Waals surface area contributed by atoms with Crippen LogP contribution in [0.4, 0.5) is 0 Å². The molecular formula is C62H50N4OPt-2. The average molecular weight is 1070 g/mol. The summed E-state index contributed by atoms with van der Waals surface area (Å²) in [7, 11) is 0. The van der Waals surface area contributed by atoms with E-state index >= 15 is 0 Å². The molecule has 0 saturated carbocycles. The van der Waals surface area contributed by atoms with Crippen molar-refractivity contribution >= 4 is 32.8 Å². The molecule has 0 atom stereocenters. The van der Waals surface area contributed by atoms with Crippen LogP contribution < -0.4 is 9.30 Å². The zero-order chi connectivity index (χ0) is 55.4. The molecule has 68 heavy (non-hydrogen) atoms. The van der Waals surface area contributed by atoms with Gasteiger partial charge >= 0.3 is 0 Å². The zero-order valence-electron chi connectivity index (χ0n) is 49.1. The van der Waals surface area contributed by atoms with Gasteiger partial charge in [-0.15, -0.1) is 29.7 Å². The van der Waals surface area contributed by atoms with E-state index in [9.17, 15) is 4.11 Å². The molecular weight excluding hydrogens is 1010 g/mol. The molecule has 0 spiro atoms. The molecule has 0 aliphatic heterocycles. The molecule has 8 aromatic carbocycles. The predicted octanol–water partition coefficient (Wildman–Crippen LogP) is 15.2. The molecule has 0 saturated heterocycles. The quantitative estimate of drug-likeness (QED) is 0.112.